The van der Waals surface area contributed by atoms with E-state index < -0.39 is 0 Å². The van der Waals surface area contributed by atoms with Gasteiger partial charge in [0.05, 0.1) is 12.5 Å². The third-order valence-corrected chi connectivity index (χ3v) is 3.96. The molecule has 0 saturated carbocycles. The van der Waals surface area contributed by atoms with Gasteiger partial charge < -0.3 is 9.47 Å². The predicted molar refractivity (Wildman–Crippen MR) is 74.7 cm³/mol. The summed E-state index contributed by atoms with van der Waals surface area (Å²) in [7, 11) is 0. The highest BCUT2D eigenvalue weighted by Gasteiger charge is 2.27. The monoisotopic (exact) mass is 272 g/mol. The van der Waals surface area contributed by atoms with Crippen LogP contribution >= 0.6 is 0 Å². The van der Waals surface area contributed by atoms with E-state index in [-0.39, 0.29) is 24.2 Å². The Balaban J connectivity index is 1.77. The first-order chi connectivity index (χ1) is 9.66. The van der Waals surface area contributed by atoms with E-state index in [1.165, 1.54) is 6.07 Å². The van der Waals surface area contributed by atoms with Crippen molar-refractivity contribution in [1.82, 2.24) is 9.47 Å². The lowest BCUT2D eigenvalue weighted by Gasteiger charge is -2.35. The summed E-state index contributed by atoms with van der Waals surface area (Å²) in [6.07, 6.45) is 2.15. The molecule has 0 bridgehead atoms. The Bertz CT molecular complexity index is 635. The fraction of sp³-hybridized carbons (Fsp3) is 0.312. The average Bonchev–Trinajstić information content (AvgIpc) is 2.91. The van der Waals surface area contributed by atoms with Crippen molar-refractivity contribution in [2.24, 2.45) is 0 Å². The Labute approximate surface area is 117 Å². The lowest BCUT2D eigenvalue weighted by molar-refractivity contribution is -0.133. The van der Waals surface area contributed by atoms with Gasteiger partial charge in [-0.1, -0.05) is 18.2 Å². The van der Waals surface area contributed by atoms with Crippen molar-refractivity contribution in [3.05, 3.63) is 59.7 Å². The van der Waals surface area contributed by atoms with Crippen LogP contribution in [0.15, 0.2) is 42.6 Å². The molecule has 1 aliphatic rings. The molecule has 104 valence electrons. The first-order valence-corrected chi connectivity index (χ1v) is 6.84. The summed E-state index contributed by atoms with van der Waals surface area (Å²) in [6.45, 7) is 3.50. The maximum absolute atomic E-state index is 13.6. The molecule has 0 aliphatic carbocycles. The second-order valence-electron chi connectivity index (χ2n) is 5.16. The van der Waals surface area contributed by atoms with E-state index >= 15 is 0 Å². The summed E-state index contributed by atoms with van der Waals surface area (Å²) >= 11 is 0. The van der Waals surface area contributed by atoms with E-state index in [1.807, 2.05) is 30.2 Å². The average molecular weight is 272 g/mol. The fourth-order valence-electron chi connectivity index (χ4n) is 2.83. The molecule has 2 aromatic rings. The van der Waals surface area contributed by atoms with Crippen LogP contribution in [-0.2, 0) is 17.8 Å². The highest BCUT2D eigenvalue weighted by molar-refractivity contribution is 5.79. The summed E-state index contributed by atoms with van der Waals surface area (Å²) in [5, 5.41) is 0. The number of benzene rings is 1. The van der Waals surface area contributed by atoms with Gasteiger partial charge in [-0.25, -0.2) is 4.39 Å². The number of halogens is 1. The van der Waals surface area contributed by atoms with Crippen molar-refractivity contribution in [3.63, 3.8) is 0 Å². The van der Waals surface area contributed by atoms with Crippen LogP contribution in [-0.4, -0.2) is 21.9 Å². The number of aromatic nitrogens is 1. The van der Waals surface area contributed by atoms with Crippen LogP contribution in [0.4, 0.5) is 4.39 Å². The van der Waals surface area contributed by atoms with Crippen LogP contribution in [0.2, 0.25) is 0 Å². The number of rotatable bonds is 2. The highest BCUT2D eigenvalue weighted by Crippen LogP contribution is 2.26. The second-order valence-corrected chi connectivity index (χ2v) is 5.16. The summed E-state index contributed by atoms with van der Waals surface area (Å²) in [5.41, 5.74) is 1.60. The van der Waals surface area contributed by atoms with Gasteiger partial charge in [0.15, 0.2) is 0 Å². The molecule has 1 amide bonds. The van der Waals surface area contributed by atoms with Gasteiger partial charge >= 0.3 is 0 Å². The van der Waals surface area contributed by atoms with Gasteiger partial charge in [0.2, 0.25) is 5.91 Å². The highest BCUT2D eigenvalue weighted by atomic mass is 19.1. The molecule has 3 nitrogen and oxygen atoms in total. The number of amides is 1. The first-order valence-electron chi connectivity index (χ1n) is 6.84. The minimum Gasteiger partial charge on any atom is -0.348 e. The van der Waals surface area contributed by atoms with Crippen molar-refractivity contribution in [2.75, 3.05) is 6.54 Å². The third-order valence-electron chi connectivity index (χ3n) is 3.96. The van der Waals surface area contributed by atoms with Gasteiger partial charge in [-0.3, -0.25) is 4.79 Å². The molecule has 4 heteroatoms. The van der Waals surface area contributed by atoms with Crippen molar-refractivity contribution >= 4 is 5.91 Å². The van der Waals surface area contributed by atoms with Crippen molar-refractivity contribution < 1.29 is 9.18 Å². The van der Waals surface area contributed by atoms with E-state index in [9.17, 15) is 9.18 Å². The van der Waals surface area contributed by atoms with Crippen LogP contribution in [0.25, 0.3) is 0 Å². The van der Waals surface area contributed by atoms with Crippen LogP contribution in [0, 0.1) is 5.82 Å². The van der Waals surface area contributed by atoms with E-state index in [4.69, 9.17) is 0 Å². The number of nitrogens with zero attached hydrogens (tertiary/aromatic N) is 2. The van der Waals surface area contributed by atoms with E-state index in [0.717, 1.165) is 12.2 Å². The molecule has 0 unspecified atom stereocenters. The molecule has 3 rings (SSSR count). The number of hydrogen-bond acceptors (Lipinski definition) is 1. The fourth-order valence-corrected chi connectivity index (χ4v) is 2.83. The molecule has 1 aromatic heterocycles. The second kappa shape index (κ2) is 5.12. The summed E-state index contributed by atoms with van der Waals surface area (Å²) in [5.74, 6) is -0.330. The SMILES string of the molecule is C[C@@H]1c2cccn2CCN1C(=O)Cc1ccccc1F. The van der Waals surface area contributed by atoms with Gasteiger partial charge in [0, 0.05) is 25.0 Å². The van der Waals surface area contributed by atoms with Crippen molar-refractivity contribution in [2.45, 2.75) is 25.9 Å². The first kappa shape index (κ1) is 12.9. The van der Waals surface area contributed by atoms with Gasteiger partial charge in [0.1, 0.15) is 5.82 Å². The Morgan fingerprint density at radius 3 is 2.85 bits per heavy atom. The third kappa shape index (κ3) is 2.22. The molecule has 0 spiro atoms. The molecule has 2 heterocycles. The Morgan fingerprint density at radius 2 is 2.05 bits per heavy atom. The number of fused-ring (bicyclic) bond motifs is 1. The number of carbonyl (C=O) groups excluding carboxylic acids is 1. The van der Waals surface area contributed by atoms with E-state index in [2.05, 4.69) is 4.57 Å². The summed E-state index contributed by atoms with van der Waals surface area (Å²) in [6, 6.07) is 10.5. The molecule has 20 heavy (non-hydrogen) atoms. The van der Waals surface area contributed by atoms with Gasteiger partial charge in [-0.2, -0.15) is 0 Å². The lowest BCUT2D eigenvalue weighted by atomic mass is 10.1. The molecule has 1 aromatic carbocycles. The molecular formula is C16H17FN2O. The smallest absolute Gasteiger partial charge is 0.227 e. The van der Waals surface area contributed by atoms with Crippen LogP contribution < -0.4 is 0 Å². The van der Waals surface area contributed by atoms with E-state index in [0.29, 0.717) is 12.1 Å². The predicted octanol–water partition coefficient (Wildman–Crippen LogP) is 2.77. The van der Waals surface area contributed by atoms with Crippen molar-refractivity contribution in [3.8, 4) is 0 Å². The number of carbonyl (C=O) groups is 1. The Kier molecular flexibility index (Phi) is 3.30. The van der Waals surface area contributed by atoms with Crippen LogP contribution in [0.5, 0.6) is 0 Å². The van der Waals surface area contributed by atoms with Gasteiger partial charge in [-0.15, -0.1) is 0 Å². The van der Waals surface area contributed by atoms with Crippen LogP contribution in [0.1, 0.15) is 24.2 Å². The Hall–Kier alpha value is -2.10. The molecular weight excluding hydrogens is 255 g/mol. The quantitative estimate of drug-likeness (QED) is 0.825. The van der Waals surface area contributed by atoms with Gasteiger partial charge in [-0.05, 0) is 30.7 Å². The van der Waals surface area contributed by atoms with E-state index in [1.54, 1.807) is 18.2 Å². The summed E-state index contributed by atoms with van der Waals surface area (Å²) < 4.78 is 15.8. The molecule has 1 aliphatic heterocycles. The zero-order chi connectivity index (χ0) is 14.1. The standard InChI is InChI=1S/C16H17FN2O/c1-12-15-7-4-8-18(15)9-10-19(12)16(20)11-13-5-2-3-6-14(13)17/h2-8,12H,9-11H2,1H3/t12-/m1/s1. The molecule has 0 radical (unpaired) electrons. The Morgan fingerprint density at radius 1 is 1.25 bits per heavy atom. The van der Waals surface area contributed by atoms with Crippen molar-refractivity contribution in [1.29, 1.82) is 0 Å². The van der Waals surface area contributed by atoms with Crippen LogP contribution in [0.3, 0.4) is 0 Å². The number of hydrogen-bond donors (Lipinski definition) is 0. The zero-order valence-electron chi connectivity index (χ0n) is 11.4. The minimum atomic E-state index is -0.311. The topological polar surface area (TPSA) is 25.2 Å². The maximum Gasteiger partial charge on any atom is 0.227 e. The molecule has 1 atom stereocenters. The molecule has 0 saturated heterocycles. The minimum absolute atomic E-state index is 0.0185. The van der Waals surface area contributed by atoms with Gasteiger partial charge in [0.25, 0.3) is 0 Å². The zero-order valence-corrected chi connectivity index (χ0v) is 11.4. The summed E-state index contributed by atoms with van der Waals surface area (Å²) in [4.78, 5) is 14.2. The largest absolute Gasteiger partial charge is 0.348 e. The normalized spacial score (nSPS) is 17.9. The molecule has 0 N–H and O–H groups in total. The molecule has 0 fully saturated rings. The maximum atomic E-state index is 13.6. The lowest BCUT2D eigenvalue weighted by Crippen LogP contribution is -2.41.